The summed E-state index contributed by atoms with van der Waals surface area (Å²) < 4.78 is 13.3. The van der Waals surface area contributed by atoms with Gasteiger partial charge >= 0.3 is 0 Å². The molecule has 2 aliphatic heterocycles. The smallest absolute Gasteiger partial charge is 0.238 e. The summed E-state index contributed by atoms with van der Waals surface area (Å²) in [5, 5.41) is 2.23. The molecule has 0 saturated carbocycles. The molecule has 0 spiro atoms. The molecule has 0 aliphatic carbocycles. The SMILES string of the molecule is C.COc1nc(C2=NC(c3cc(Cl)cc(Cl)c3)CON2)ccc1-n1cnc(C)c1.COc1nc(C2=NC(c3cc(Cl)cc(Cl)c3)CON2)ccc1Br.Cc1cnc[nH]1. The maximum absolute atomic E-state index is 6.11. The van der Waals surface area contributed by atoms with Crippen LogP contribution in [0, 0.1) is 13.8 Å². The van der Waals surface area contributed by atoms with Crippen LogP contribution in [-0.2, 0) is 9.68 Å². The van der Waals surface area contributed by atoms with Gasteiger partial charge in [0.05, 0.1) is 37.0 Å². The zero-order chi connectivity index (χ0) is 40.5. The molecule has 304 valence electrons. The Bertz CT molecular complexity index is 2340. The van der Waals surface area contributed by atoms with Crippen molar-refractivity contribution in [3.05, 3.63) is 144 Å². The molecule has 2 atom stereocenters. The number of rotatable bonds is 7. The van der Waals surface area contributed by atoms with Crippen LogP contribution in [0.25, 0.3) is 5.69 Å². The second kappa shape index (κ2) is 20.8. The van der Waals surface area contributed by atoms with E-state index in [9.17, 15) is 0 Å². The quantitative estimate of drug-likeness (QED) is 0.141. The first-order valence-corrected chi connectivity index (χ1v) is 19.4. The number of hydroxylamine groups is 2. The van der Waals surface area contributed by atoms with Crippen LogP contribution in [0.4, 0.5) is 0 Å². The normalized spacial score (nSPS) is 15.7. The van der Waals surface area contributed by atoms with Crippen molar-refractivity contribution in [2.75, 3.05) is 27.4 Å². The van der Waals surface area contributed by atoms with Crippen molar-refractivity contribution < 1.29 is 19.1 Å². The molecule has 2 aliphatic rings. The lowest BCUT2D eigenvalue weighted by Crippen LogP contribution is -2.33. The van der Waals surface area contributed by atoms with Crippen molar-refractivity contribution in [2.45, 2.75) is 33.4 Å². The first-order valence-electron chi connectivity index (χ1n) is 17.0. The molecule has 0 bridgehead atoms. The maximum atomic E-state index is 6.11. The zero-order valence-electron chi connectivity index (χ0n) is 30.8. The first-order chi connectivity index (χ1) is 27.5. The van der Waals surface area contributed by atoms with Crippen LogP contribution in [-0.4, -0.2) is 68.6 Å². The lowest BCUT2D eigenvalue weighted by Gasteiger charge is -2.22. The van der Waals surface area contributed by atoms with Gasteiger partial charge in [-0.25, -0.2) is 30.9 Å². The molecule has 3 N–H and O–H groups in total. The van der Waals surface area contributed by atoms with Crippen molar-refractivity contribution in [1.29, 1.82) is 0 Å². The fourth-order valence-electron chi connectivity index (χ4n) is 5.42. The van der Waals surface area contributed by atoms with Crippen LogP contribution in [0.15, 0.2) is 100 Å². The number of amidine groups is 2. The highest BCUT2D eigenvalue weighted by Gasteiger charge is 2.23. The molecule has 58 heavy (non-hydrogen) atoms. The van der Waals surface area contributed by atoms with Gasteiger partial charge in [0, 0.05) is 38.2 Å². The van der Waals surface area contributed by atoms with E-state index in [0.29, 0.717) is 68.1 Å². The van der Waals surface area contributed by atoms with E-state index >= 15 is 0 Å². The molecule has 0 amide bonds. The van der Waals surface area contributed by atoms with E-state index in [0.717, 1.165) is 32.7 Å². The standard InChI is InChI=1S/C19H17Cl2N5O2.C15H12BrCl2N3O2.C4H6N2.CH4/c1-11-8-26(10-22-11)17-4-3-15(24-19(17)27-2)18-23-16(9-28-25-18)12-5-13(20)7-14(21)6-12;1-22-15-11(16)2-3-12(20-15)14-19-13(7-23-21-14)8-4-9(17)6-10(18)5-8;1-4-2-5-3-6-4;/h3-8,10,16H,9H2,1-2H3,(H,23,25);2-6,13H,7H2,1H3,(H,19,21);2-3H,1H3,(H,5,6);1H4. The van der Waals surface area contributed by atoms with E-state index in [-0.39, 0.29) is 19.5 Å². The number of halogens is 5. The van der Waals surface area contributed by atoms with Gasteiger partial charge in [-0.15, -0.1) is 0 Å². The molecule has 4 aromatic heterocycles. The summed E-state index contributed by atoms with van der Waals surface area (Å²) in [6.07, 6.45) is 7.06. The molecular formula is C39H39BrCl4N10O4. The number of aromatic amines is 1. The molecule has 2 aromatic carbocycles. The number of aliphatic imine (C=N–C) groups is 2. The van der Waals surface area contributed by atoms with E-state index < -0.39 is 0 Å². The summed E-state index contributed by atoms with van der Waals surface area (Å²) in [7, 11) is 3.13. The van der Waals surface area contributed by atoms with Crippen molar-refractivity contribution >= 4 is 74.0 Å². The number of aryl methyl sites for hydroxylation is 2. The Morgan fingerprint density at radius 1 is 0.741 bits per heavy atom. The number of H-pyrrole nitrogens is 1. The van der Waals surface area contributed by atoms with E-state index in [4.69, 9.17) is 70.5 Å². The average Bonchev–Trinajstić information content (AvgIpc) is 3.88. The molecule has 0 radical (unpaired) electrons. The number of hydrogen-bond acceptors (Lipinski definition) is 12. The highest BCUT2D eigenvalue weighted by atomic mass is 79.9. The number of imidazole rings is 2. The van der Waals surface area contributed by atoms with Gasteiger partial charge in [0.15, 0.2) is 11.7 Å². The molecule has 19 heteroatoms. The van der Waals surface area contributed by atoms with Gasteiger partial charge in [0.2, 0.25) is 11.8 Å². The largest absolute Gasteiger partial charge is 0.480 e. The van der Waals surface area contributed by atoms with Gasteiger partial charge in [-0.05, 0) is 102 Å². The monoisotopic (exact) mass is 930 g/mol. The van der Waals surface area contributed by atoms with Crippen LogP contribution in [0.3, 0.4) is 0 Å². The Labute approximate surface area is 364 Å². The fourth-order valence-corrected chi connectivity index (χ4v) is 6.89. The predicted molar refractivity (Wildman–Crippen MR) is 231 cm³/mol. The third-order valence-electron chi connectivity index (χ3n) is 8.08. The van der Waals surface area contributed by atoms with Crippen molar-refractivity contribution in [3.63, 3.8) is 0 Å². The van der Waals surface area contributed by atoms with Gasteiger partial charge in [-0.1, -0.05) is 53.8 Å². The molecular weight excluding hydrogens is 894 g/mol. The Morgan fingerprint density at radius 2 is 1.26 bits per heavy atom. The summed E-state index contributed by atoms with van der Waals surface area (Å²) in [6, 6.07) is 17.6. The maximum Gasteiger partial charge on any atom is 0.238 e. The minimum Gasteiger partial charge on any atom is -0.480 e. The van der Waals surface area contributed by atoms with Gasteiger partial charge in [-0.2, -0.15) is 0 Å². The number of pyridine rings is 2. The Hall–Kier alpha value is -4.74. The number of methoxy groups -OCH3 is 2. The van der Waals surface area contributed by atoms with Crippen LogP contribution in [0.5, 0.6) is 11.8 Å². The summed E-state index contributed by atoms with van der Waals surface area (Å²) in [5.41, 5.74) is 11.4. The number of ether oxygens (including phenoxy) is 2. The van der Waals surface area contributed by atoms with Gasteiger partial charge in [0.1, 0.15) is 42.4 Å². The predicted octanol–water partition coefficient (Wildman–Crippen LogP) is 9.45. The van der Waals surface area contributed by atoms with Crippen molar-refractivity contribution in [2.24, 2.45) is 9.98 Å². The van der Waals surface area contributed by atoms with Crippen LogP contribution >= 0.6 is 62.3 Å². The summed E-state index contributed by atoms with van der Waals surface area (Å²) >= 11 is 27.7. The lowest BCUT2D eigenvalue weighted by atomic mass is 10.1. The fraction of sp³-hybridized carbons (Fsp3) is 0.231. The Morgan fingerprint density at radius 3 is 1.69 bits per heavy atom. The van der Waals surface area contributed by atoms with Gasteiger partial charge < -0.3 is 19.0 Å². The minimum atomic E-state index is -0.254. The third-order valence-corrected chi connectivity index (χ3v) is 9.56. The molecule has 14 nitrogen and oxygen atoms in total. The highest BCUT2D eigenvalue weighted by molar-refractivity contribution is 9.10. The van der Waals surface area contributed by atoms with E-state index in [1.54, 1.807) is 45.2 Å². The van der Waals surface area contributed by atoms with Gasteiger partial charge in [-0.3, -0.25) is 19.7 Å². The minimum absolute atomic E-state index is 0. The molecule has 0 fully saturated rings. The second-order valence-corrected chi connectivity index (χ2v) is 14.9. The number of nitrogens with one attached hydrogen (secondary N) is 3. The third kappa shape index (κ3) is 11.7. The van der Waals surface area contributed by atoms with Crippen LogP contribution in [0.2, 0.25) is 20.1 Å². The molecule has 8 rings (SSSR count). The second-order valence-electron chi connectivity index (χ2n) is 12.3. The van der Waals surface area contributed by atoms with Gasteiger partial charge in [0.25, 0.3) is 0 Å². The van der Waals surface area contributed by atoms with E-state index in [2.05, 4.69) is 56.8 Å². The van der Waals surface area contributed by atoms with E-state index in [1.807, 2.05) is 73.1 Å². The zero-order valence-corrected chi connectivity index (χ0v) is 35.4. The summed E-state index contributed by atoms with van der Waals surface area (Å²) in [5.74, 6) is 1.94. The lowest BCUT2D eigenvalue weighted by molar-refractivity contribution is 0.0620. The average molecular weight is 934 g/mol. The van der Waals surface area contributed by atoms with E-state index in [1.165, 1.54) is 0 Å². The molecule has 0 saturated heterocycles. The van der Waals surface area contributed by atoms with Crippen molar-refractivity contribution in [3.8, 4) is 17.4 Å². The van der Waals surface area contributed by atoms with Crippen LogP contribution in [0.1, 0.15) is 53.4 Å². The number of benzene rings is 2. The number of hydrogen-bond donors (Lipinski definition) is 3. The van der Waals surface area contributed by atoms with Crippen molar-refractivity contribution in [1.82, 2.24) is 40.4 Å². The number of nitrogens with zero attached hydrogens (tertiary/aromatic N) is 7. The topological polar surface area (TPSA) is 158 Å². The Kier molecular flexibility index (Phi) is 15.9. The van der Waals surface area contributed by atoms with Crippen LogP contribution < -0.4 is 20.4 Å². The highest BCUT2D eigenvalue weighted by Crippen LogP contribution is 2.30. The summed E-state index contributed by atoms with van der Waals surface area (Å²) in [6.45, 7) is 4.61. The summed E-state index contributed by atoms with van der Waals surface area (Å²) in [4.78, 5) is 40.1. The Balaban J connectivity index is 0.000000193. The first kappa shape index (κ1) is 44.4. The molecule has 6 heterocycles. The molecule has 2 unspecified atom stereocenters. The molecule has 6 aromatic rings. The number of aromatic nitrogens is 6.